The van der Waals surface area contributed by atoms with E-state index in [2.05, 4.69) is 30.9 Å². The number of carbonyl (C=O) groups is 1. The number of anilines is 1. The molecule has 1 saturated heterocycles. The molecule has 0 bridgehead atoms. The summed E-state index contributed by atoms with van der Waals surface area (Å²) in [5, 5.41) is 0. The number of hydrogen-bond donors (Lipinski definition) is 0. The van der Waals surface area contributed by atoms with E-state index in [1.165, 1.54) is 5.56 Å². The summed E-state index contributed by atoms with van der Waals surface area (Å²) in [6.07, 6.45) is 0. The Morgan fingerprint density at radius 2 is 1.79 bits per heavy atom. The van der Waals surface area contributed by atoms with Crippen LogP contribution in [0.4, 0.5) is 5.82 Å². The minimum absolute atomic E-state index is 0.123. The molecule has 0 aliphatic carbocycles. The molecule has 150 valence electrons. The average molecular weight is 401 g/mol. The Kier molecular flexibility index (Phi) is 5.94. The highest BCUT2D eigenvalue weighted by molar-refractivity contribution is 6.19. The van der Waals surface area contributed by atoms with Crippen molar-refractivity contribution in [2.24, 2.45) is 5.41 Å². The molecule has 3 rings (SSSR count). The van der Waals surface area contributed by atoms with E-state index in [4.69, 9.17) is 21.6 Å². The molecule has 0 radical (unpaired) electrons. The van der Waals surface area contributed by atoms with Crippen molar-refractivity contribution in [1.82, 2.24) is 14.9 Å². The van der Waals surface area contributed by atoms with E-state index in [0.717, 1.165) is 41.6 Å². The van der Waals surface area contributed by atoms with Gasteiger partial charge in [0.2, 0.25) is 5.91 Å². The third-order valence-electron chi connectivity index (χ3n) is 5.42. The number of aromatic nitrogens is 2. The molecule has 2 aromatic rings. The molecule has 6 heteroatoms. The summed E-state index contributed by atoms with van der Waals surface area (Å²) in [4.78, 5) is 26.5. The maximum atomic E-state index is 12.7. The maximum Gasteiger partial charge on any atom is 0.229 e. The molecule has 0 unspecified atom stereocenters. The van der Waals surface area contributed by atoms with Crippen molar-refractivity contribution in [2.75, 3.05) is 37.0 Å². The van der Waals surface area contributed by atoms with E-state index < -0.39 is 5.41 Å². The highest BCUT2D eigenvalue weighted by Gasteiger charge is 2.33. The van der Waals surface area contributed by atoms with E-state index in [9.17, 15) is 4.79 Å². The zero-order valence-corrected chi connectivity index (χ0v) is 18.2. The van der Waals surface area contributed by atoms with Crippen molar-refractivity contribution >= 4 is 23.3 Å². The summed E-state index contributed by atoms with van der Waals surface area (Å²) in [5.74, 6) is 2.17. The van der Waals surface area contributed by atoms with Crippen LogP contribution >= 0.6 is 11.6 Å². The zero-order chi connectivity index (χ0) is 20.5. The summed E-state index contributed by atoms with van der Waals surface area (Å²) in [6.45, 7) is 12.9. The van der Waals surface area contributed by atoms with Crippen LogP contribution in [0.3, 0.4) is 0 Å². The molecule has 5 nitrogen and oxygen atoms in total. The summed E-state index contributed by atoms with van der Waals surface area (Å²) in [7, 11) is 0. The number of carbonyl (C=O) groups excluding carboxylic acids is 1. The van der Waals surface area contributed by atoms with Crippen molar-refractivity contribution in [1.29, 1.82) is 0 Å². The van der Waals surface area contributed by atoms with E-state index >= 15 is 0 Å². The van der Waals surface area contributed by atoms with Gasteiger partial charge in [-0.1, -0.05) is 23.8 Å². The molecule has 28 heavy (non-hydrogen) atoms. The third kappa shape index (κ3) is 4.14. The lowest BCUT2D eigenvalue weighted by atomic mass is 9.94. The number of rotatable bonds is 4. The van der Waals surface area contributed by atoms with Crippen molar-refractivity contribution in [3.05, 3.63) is 41.1 Å². The van der Waals surface area contributed by atoms with Gasteiger partial charge in [0.15, 0.2) is 5.82 Å². The van der Waals surface area contributed by atoms with Gasteiger partial charge in [-0.25, -0.2) is 9.97 Å². The zero-order valence-electron chi connectivity index (χ0n) is 17.4. The predicted octanol–water partition coefficient (Wildman–Crippen LogP) is 3.98. The maximum absolute atomic E-state index is 12.7. The highest BCUT2D eigenvalue weighted by atomic mass is 35.5. The summed E-state index contributed by atoms with van der Waals surface area (Å²) < 4.78 is 0. The van der Waals surface area contributed by atoms with Crippen LogP contribution in [0, 0.1) is 26.2 Å². The Balaban J connectivity index is 1.82. The number of halogens is 1. The van der Waals surface area contributed by atoms with E-state index in [1.54, 1.807) is 0 Å². The fourth-order valence-corrected chi connectivity index (χ4v) is 3.56. The molecule has 1 aromatic heterocycles. The topological polar surface area (TPSA) is 49.3 Å². The lowest BCUT2D eigenvalue weighted by Crippen LogP contribution is -2.53. The molecular weight excluding hydrogens is 372 g/mol. The lowest BCUT2D eigenvalue weighted by Gasteiger charge is -2.39. The van der Waals surface area contributed by atoms with Gasteiger partial charge >= 0.3 is 0 Å². The molecule has 2 heterocycles. The molecule has 1 aliphatic rings. The molecule has 1 amide bonds. The van der Waals surface area contributed by atoms with Crippen molar-refractivity contribution in [3.63, 3.8) is 0 Å². The average Bonchev–Trinajstić information content (AvgIpc) is 2.69. The smallest absolute Gasteiger partial charge is 0.229 e. The monoisotopic (exact) mass is 400 g/mol. The second kappa shape index (κ2) is 8.08. The van der Waals surface area contributed by atoms with Crippen LogP contribution in [0.5, 0.6) is 0 Å². The summed E-state index contributed by atoms with van der Waals surface area (Å²) >= 11 is 5.98. The van der Waals surface area contributed by atoms with Gasteiger partial charge < -0.3 is 9.80 Å². The minimum atomic E-state index is -0.524. The van der Waals surface area contributed by atoms with Crippen molar-refractivity contribution in [3.8, 4) is 11.4 Å². The van der Waals surface area contributed by atoms with Crippen LogP contribution in [0.15, 0.2) is 24.3 Å². The van der Waals surface area contributed by atoms with E-state index in [-0.39, 0.29) is 5.91 Å². The lowest BCUT2D eigenvalue weighted by molar-refractivity contribution is -0.139. The van der Waals surface area contributed by atoms with Gasteiger partial charge in [0.05, 0.1) is 5.41 Å². The van der Waals surface area contributed by atoms with Gasteiger partial charge in [-0.2, -0.15) is 0 Å². The van der Waals surface area contributed by atoms with Crippen LogP contribution in [0.2, 0.25) is 0 Å². The standard InChI is InChI=1S/C22H29ClN4O/c1-15-7-6-8-18(13-15)19-24-17(3)16(2)20(25-19)26-9-11-27(12-10-26)21(28)22(4,5)14-23/h6-8,13H,9-12,14H2,1-5H3. The Bertz CT molecular complexity index is 873. The van der Waals surface area contributed by atoms with Crippen LogP contribution in [0.25, 0.3) is 11.4 Å². The molecule has 1 aromatic carbocycles. The number of amides is 1. The largest absolute Gasteiger partial charge is 0.353 e. The van der Waals surface area contributed by atoms with E-state index in [0.29, 0.717) is 19.0 Å². The van der Waals surface area contributed by atoms with Crippen LogP contribution in [-0.4, -0.2) is 52.8 Å². The number of nitrogens with zero attached hydrogens (tertiary/aromatic N) is 4. The predicted molar refractivity (Wildman–Crippen MR) is 115 cm³/mol. The van der Waals surface area contributed by atoms with Gasteiger partial charge in [-0.05, 0) is 40.7 Å². The van der Waals surface area contributed by atoms with Crippen LogP contribution < -0.4 is 4.90 Å². The minimum Gasteiger partial charge on any atom is -0.353 e. The normalized spacial score (nSPS) is 15.1. The molecule has 0 spiro atoms. The molecular formula is C22H29ClN4O. The first-order valence-corrected chi connectivity index (χ1v) is 10.3. The van der Waals surface area contributed by atoms with Crippen LogP contribution in [0.1, 0.15) is 30.7 Å². The molecule has 0 N–H and O–H groups in total. The summed E-state index contributed by atoms with van der Waals surface area (Å²) in [6, 6.07) is 8.26. The van der Waals surface area contributed by atoms with Gasteiger partial charge in [0, 0.05) is 48.9 Å². The van der Waals surface area contributed by atoms with Gasteiger partial charge in [-0.3, -0.25) is 4.79 Å². The van der Waals surface area contributed by atoms with Crippen molar-refractivity contribution in [2.45, 2.75) is 34.6 Å². The van der Waals surface area contributed by atoms with Gasteiger partial charge in [-0.15, -0.1) is 11.6 Å². The molecule has 0 saturated carbocycles. The number of alkyl halides is 1. The number of hydrogen-bond acceptors (Lipinski definition) is 4. The summed E-state index contributed by atoms with van der Waals surface area (Å²) in [5.41, 5.74) is 3.78. The van der Waals surface area contributed by atoms with Gasteiger partial charge in [0.25, 0.3) is 0 Å². The van der Waals surface area contributed by atoms with E-state index in [1.807, 2.05) is 37.8 Å². The Morgan fingerprint density at radius 1 is 1.11 bits per heavy atom. The molecule has 1 fully saturated rings. The number of benzene rings is 1. The first kappa shape index (κ1) is 20.6. The fourth-order valence-electron chi connectivity index (χ4n) is 3.44. The second-order valence-corrected chi connectivity index (χ2v) is 8.51. The first-order chi connectivity index (χ1) is 13.2. The fraction of sp³-hybridized carbons (Fsp3) is 0.500. The molecule has 1 aliphatic heterocycles. The SMILES string of the molecule is Cc1cccc(-c2nc(C)c(C)c(N3CCN(C(=O)C(C)(C)CCl)CC3)n2)c1. The molecule has 0 atom stereocenters. The third-order valence-corrected chi connectivity index (χ3v) is 6.09. The van der Waals surface area contributed by atoms with Crippen molar-refractivity contribution < 1.29 is 4.79 Å². The number of piperazine rings is 1. The Hall–Kier alpha value is -2.14. The first-order valence-electron chi connectivity index (χ1n) is 9.75. The Labute approximate surface area is 172 Å². The highest BCUT2D eigenvalue weighted by Crippen LogP contribution is 2.27. The quantitative estimate of drug-likeness (QED) is 0.728. The second-order valence-electron chi connectivity index (χ2n) is 8.25. The van der Waals surface area contributed by atoms with Crippen LogP contribution in [-0.2, 0) is 4.79 Å². The Morgan fingerprint density at radius 3 is 2.39 bits per heavy atom. The van der Waals surface area contributed by atoms with Gasteiger partial charge in [0.1, 0.15) is 5.82 Å². The number of aryl methyl sites for hydroxylation is 2.